The summed E-state index contributed by atoms with van der Waals surface area (Å²) >= 11 is 5.74. The van der Waals surface area contributed by atoms with Crippen molar-refractivity contribution in [3.63, 3.8) is 0 Å². The average molecular weight is 201 g/mol. The van der Waals surface area contributed by atoms with E-state index < -0.39 is 5.82 Å². The zero-order valence-electron chi connectivity index (χ0n) is 7.31. The number of carbonyl (C=O) groups excluding carboxylic acids is 1. The Kier molecular flexibility index (Phi) is 3.43. The summed E-state index contributed by atoms with van der Waals surface area (Å²) in [5.41, 5.74) is 1.65. The molecule has 1 aromatic rings. The number of hydrogen-bond donors (Lipinski definition) is 0. The van der Waals surface area contributed by atoms with Crippen molar-refractivity contribution >= 4 is 17.9 Å². The van der Waals surface area contributed by atoms with Crippen LogP contribution in [0.15, 0.2) is 12.1 Å². The number of rotatable bonds is 3. The van der Waals surface area contributed by atoms with Crippen molar-refractivity contribution in [2.75, 3.05) is 0 Å². The van der Waals surface area contributed by atoms with E-state index in [9.17, 15) is 9.18 Å². The lowest BCUT2D eigenvalue weighted by Crippen LogP contribution is -1.94. The lowest BCUT2D eigenvalue weighted by atomic mass is 10.0. The van der Waals surface area contributed by atoms with Gasteiger partial charge in [0.1, 0.15) is 12.1 Å². The fourth-order valence-electron chi connectivity index (χ4n) is 1.20. The molecule has 3 heteroatoms. The van der Waals surface area contributed by atoms with Gasteiger partial charge in [-0.3, -0.25) is 0 Å². The molecule has 0 atom stereocenters. The smallest absolute Gasteiger partial charge is 0.142 e. The van der Waals surface area contributed by atoms with E-state index in [-0.39, 0.29) is 5.02 Å². The number of hydrogen-bond acceptors (Lipinski definition) is 1. The predicted octanol–water partition coefficient (Wildman–Crippen LogP) is 2.92. The van der Waals surface area contributed by atoms with Crippen LogP contribution in [-0.2, 0) is 11.2 Å². The van der Waals surface area contributed by atoms with Crippen LogP contribution in [0.5, 0.6) is 0 Å². The maximum absolute atomic E-state index is 13.0. The molecular weight excluding hydrogens is 191 g/mol. The fourth-order valence-corrected chi connectivity index (χ4v) is 1.51. The van der Waals surface area contributed by atoms with Gasteiger partial charge in [0.25, 0.3) is 0 Å². The van der Waals surface area contributed by atoms with Crippen molar-refractivity contribution in [1.82, 2.24) is 0 Å². The third kappa shape index (κ3) is 2.28. The molecule has 13 heavy (non-hydrogen) atoms. The molecule has 0 radical (unpaired) electrons. The van der Waals surface area contributed by atoms with Gasteiger partial charge in [0, 0.05) is 6.42 Å². The normalized spacial score (nSPS) is 10.1. The first-order valence-corrected chi connectivity index (χ1v) is 4.41. The van der Waals surface area contributed by atoms with Crippen molar-refractivity contribution in [1.29, 1.82) is 0 Å². The van der Waals surface area contributed by atoms with Gasteiger partial charge in [-0.1, -0.05) is 17.7 Å². The Morgan fingerprint density at radius 3 is 2.85 bits per heavy atom. The Balaban J connectivity index is 3.02. The van der Waals surface area contributed by atoms with Gasteiger partial charge in [-0.25, -0.2) is 4.39 Å². The number of benzene rings is 1. The number of carbonyl (C=O) groups is 1. The zero-order chi connectivity index (χ0) is 9.84. The minimum atomic E-state index is -0.423. The molecule has 0 unspecified atom stereocenters. The molecule has 1 nitrogen and oxygen atoms in total. The number of aldehydes is 1. The molecule has 1 aromatic carbocycles. The van der Waals surface area contributed by atoms with Crippen LogP contribution in [0.3, 0.4) is 0 Å². The SMILES string of the molecule is Cc1ccc(F)c(Cl)c1CCC=O. The first kappa shape index (κ1) is 10.2. The highest BCUT2D eigenvalue weighted by Gasteiger charge is 2.08. The van der Waals surface area contributed by atoms with Crippen molar-refractivity contribution < 1.29 is 9.18 Å². The van der Waals surface area contributed by atoms with E-state index in [0.717, 1.165) is 17.4 Å². The van der Waals surface area contributed by atoms with E-state index >= 15 is 0 Å². The molecule has 0 amide bonds. The minimum Gasteiger partial charge on any atom is -0.303 e. The standard InChI is InChI=1S/C10H10ClFO/c1-7-4-5-9(12)10(11)8(7)3-2-6-13/h4-6H,2-3H2,1H3. The lowest BCUT2D eigenvalue weighted by Gasteiger charge is -2.06. The van der Waals surface area contributed by atoms with Crippen LogP contribution >= 0.6 is 11.6 Å². The Morgan fingerprint density at radius 2 is 2.23 bits per heavy atom. The van der Waals surface area contributed by atoms with Crippen molar-refractivity contribution in [3.05, 3.63) is 34.1 Å². The van der Waals surface area contributed by atoms with Crippen molar-refractivity contribution in [3.8, 4) is 0 Å². The van der Waals surface area contributed by atoms with Crippen molar-refractivity contribution in [2.45, 2.75) is 19.8 Å². The summed E-state index contributed by atoms with van der Waals surface area (Å²) in [6.45, 7) is 1.85. The second-order valence-corrected chi connectivity index (χ2v) is 3.24. The Morgan fingerprint density at radius 1 is 1.54 bits per heavy atom. The van der Waals surface area contributed by atoms with Gasteiger partial charge < -0.3 is 4.79 Å². The summed E-state index contributed by atoms with van der Waals surface area (Å²) in [6.07, 6.45) is 1.69. The second-order valence-electron chi connectivity index (χ2n) is 2.86. The molecule has 0 N–H and O–H groups in total. The first-order chi connectivity index (χ1) is 6.16. The number of halogens is 2. The van der Waals surface area contributed by atoms with Crippen LogP contribution in [0.1, 0.15) is 17.5 Å². The molecule has 70 valence electrons. The molecule has 0 aliphatic heterocycles. The Bertz CT molecular complexity index is 323. The summed E-state index contributed by atoms with van der Waals surface area (Å²) in [4.78, 5) is 10.1. The van der Waals surface area contributed by atoms with Gasteiger partial charge in [0.05, 0.1) is 5.02 Å². The zero-order valence-corrected chi connectivity index (χ0v) is 8.07. The van der Waals surface area contributed by atoms with Crippen LogP contribution in [0, 0.1) is 12.7 Å². The van der Waals surface area contributed by atoms with Crippen LogP contribution in [0.4, 0.5) is 4.39 Å². The highest BCUT2D eigenvalue weighted by molar-refractivity contribution is 6.31. The first-order valence-electron chi connectivity index (χ1n) is 4.04. The highest BCUT2D eigenvalue weighted by atomic mass is 35.5. The van der Waals surface area contributed by atoms with Crippen molar-refractivity contribution in [2.24, 2.45) is 0 Å². The molecular formula is C10H10ClFO. The topological polar surface area (TPSA) is 17.1 Å². The van der Waals surface area contributed by atoms with Gasteiger partial charge in [-0.2, -0.15) is 0 Å². The van der Waals surface area contributed by atoms with E-state index in [1.165, 1.54) is 6.07 Å². The van der Waals surface area contributed by atoms with Crippen LogP contribution in [-0.4, -0.2) is 6.29 Å². The molecule has 0 saturated heterocycles. The molecule has 0 aliphatic rings. The summed E-state index contributed by atoms with van der Waals surface area (Å²) < 4.78 is 13.0. The van der Waals surface area contributed by atoms with E-state index in [1.54, 1.807) is 6.07 Å². The van der Waals surface area contributed by atoms with Gasteiger partial charge >= 0.3 is 0 Å². The molecule has 0 saturated carbocycles. The van der Waals surface area contributed by atoms with Gasteiger partial charge in [-0.15, -0.1) is 0 Å². The van der Waals surface area contributed by atoms with E-state index in [4.69, 9.17) is 11.6 Å². The quantitative estimate of drug-likeness (QED) is 0.686. The number of aryl methyl sites for hydroxylation is 1. The maximum atomic E-state index is 13.0. The molecule has 0 bridgehead atoms. The molecule has 0 spiro atoms. The largest absolute Gasteiger partial charge is 0.303 e. The molecule has 0 heterocycles. The summed E-state index contributed by atoms with van der Waals surface area (Å²) in [5, 5.41) is 0.141. The van der Waals surface area contributed by atoms with Gasteiger partial charge in [-0.05, 0) is 30.5 Å². The predicted molar refractivity (Wildman–Crippen MR) is 50.5 cm³/mol. The fraction of sp³-hybridized carbons (Fsp3) is 0.300. The highest BCUT2D eigenvalue weighted by Crippen LogP contribution is 2.24. The van der Waals surface area contributed by atoms with Crippen LogP contribution in [0.25, 0.3) is 0 Å². The average Bonchev–Trinajstić information content (AvgIpc) is 2.12. The van der Waals surface area contributed by atoms with Gasteiger partial charge in [0.2, 0.25) is 0 Å². The molecule has 0 fully saturated rings. The third-order valence-corrected chi connectivity index (χ3v) is 2.35. The lowest BCUT2D eigenvalue weighted by molar-refractivity contribution is -0.107. The summed E-state index contributed by atoms with van der Waals surface area (Å²) in [6, 6.07) is 3.00. The van der Waals surface area contributed by atoms with Crippen LogP contribution < -0.4 is 0 Å². The third-order valence-electron chi connectivity index (χ3n) is 1.94. The molecule has 0 aliphatic carbocycles. The summed E-state index contributed by atoms with van der Waals surface area (Å²) in [5.74, 6) is -0.423. The minimum absolute atomic E-state index is 0.141. The Hall–Kier alpha value is -0.890. The van der Waals surface area contributed by atoms with Crippen LogP contribution in [0.2, 0.25) is 5.02 Å². The van der Waals surface area contributed by atoms with Gasteiger partial charge in [0.15, 0.2) is 0 Å². The van der Waals surface area contributed by atoms with E-state index in [2.05, 4.69) is 0 Å². The second kappa shape index (κ2) is 4.38. The monoisotopic (exact) mass is 200 g/mol. The summed E-state index contributed by atoms with van der Waals surface area (Å²) in [7, 11) is 0. The molecule has 1 rings (SSSR count). The van der Waals surface area contributed by atoms with E-state index in [0.29, 0.717) is 12.8 Å². The maximum Gasteiger partial charge on any atom is 0.142 e. The Labute approximate surface area is 81.5 Å². The molecule has 0 aromatic heterocycles. The van der Waals surface area contributed by atoms with E-state index in [1.807, 2.05) is 6.92 Å².